The van der Waals surface area contributed by atoms with Crippen LogP contribution in [0.15, 0.2) is 157 Å². The molecule has 0 bridgehead atoms. The second-order valence-electron chi connectivity index (χ2n) is 27.2. The molecule has 7 aliphatic heterocycles. The molecule has 0 spiro atoms. The lowest BCUT2D eigenvalue weighted by Gasteiger charge is -2.45. The summed E-state index contributed by atoms with van der Waals surface area (Å²) in [7, 11) is 0. The standard InChI is InChI=1S/2C15H12F3N3O.C14H13N3O.C14H11N3O.C10H5BrN2.C6H11NO2.C4H7NO2.C4H9NO/c2*16-15(17,18)14(22)13-4-6-21(13)10-1-2-11-9(7-10)3-5-20-12(11)8-19;2*15-8-14-13-2-1-11(7-10(13)3-5-16-14)17-6-4-12(17)9-18;11-8-1-2-9-7(5-8)3-4-13-10(9)6-12;1-2-9-6(8)5-3-4-7-5;6-4(7)3-1-2-5-3;6-3-4-1-2-5-4/h2*1-3,5,7,13-14,22H,4,6H2;1-3,5,7,12,18H,4,6,9H2;1-3,5,7,9,12H,4,6H2;1-5H;5,7H,2-4H2,1H3;3,5H,1-2H2,(H,6,7);4-6H,1-3H2/t13-,14-;;;;;;;/m1......./s1. The Kier molecular flexibility index (Phi) is 29.6. The molecular weight excluding hydrogens is 1560 g/mol. The van der Waals surface area contributed by atoms with Crippen molar-refractivity contribution in [3.05, 3.63) is 185 Å². The molecule has 26 nitrogen and oxygen atoms in total. The van der Waals surface area contributed by atoms with Crippen LogP contribution in [0.5, 0.6) is 0 Å². The first-order valence-electron chi connectivity index (χ1n) is 36.8. The molecule has 10 aromatic rings. The summed E-state index contributed by atoms with van der Waals surface area (Å²) in [6.07, 6.45) is 0.337. The van der Waals surface area contributed by atoms with Crippen molar-refractivity contribution in [2.45, 2.75) is 119 Å². The molecule has 5 aromatic heterocycles. The van der Waals surface area contributed by atoms with Gasteiger partial charge in [0.05, 0.1) is 44.0 Å². The van der Waals surface area contributed by atoms with E-state index >= 15 is 0 Å². The van der Waals surface area contributed by atoms with Crippen LogP contribution in [0, 0.1) is 56.7 Å². The predicted molar refractivity (Wildman–Crippen MR) is 421 cm³/mol. The number of rotatable bonds is 12. The van der Waals surface area contributed by atoms with Crippen LogP contribution in [-0.2, 0) is 19.1 Å². The van der Waals surface area contributed by atoms with Gasteiger partial charge in [-0.1, -0.05) is 22.0 Å². The molecule has 0 aliphatic carbocycles. The van der Waals surface area contributed by atoms with E-state index in [9.17, 15) is 56.0 Å². The fraction of sp³-hybridized carbons (Fsp3) is 0.354. The molecule has 8 N–H and O–H groups in total. The van der Waals surface area contributed by atoms with Gasteiger partial charge in [-0.2, -0.15) is 52.7 Å². The summed E-state index contributed by atoms with van der Waals surface area (Å²) in [6.45, 7) is 8.49. The van der Waals surface area contributed by atoms with Crippen molar-refractivity contribution in [1.29, 1.82) is 26.3 Å². The van der Waals surface area contributed by atoms with E-state index in [1.165, 1.54) is 22.2 Å². The third-order valence-corrected chi connectivity index (χ3v) is 20.8. The smallest absolute Gasteiger partial charge is 0.416 e. The number of nitrogens with one attached hydrogen (secondary N) is 3. The van der Waals surface area contributed by atoms with Crippen molar-refractivity contribution in [1.82, 2.24) is 40.9 Å². The molecule has 17 rings (SSSR count). The molecule has 115 heavy (non-hydrogen) atoms. The Morgan fingerprint density at radius 2 is 0.835 bits per heavy atom. The van der Waals surface area contributed by atoms with Crippen LogP contribution >= 0.6 is 15.9 Å². The number of aliphatic carboxylic acids is 1. The number of hydrogen-bond donors (Lipinski definition) is 8. The highest BCUT2D eigenvalue weighted by Gasteiger charge is 2.50. The number of pyridine rings is 5. The number of nitrogens with zero attached hydrogens (tertiary/aromatic N) is 14. The normalized spacial score (nSPS) is 19.7. The van der Waals surface area contributed by atoms with E-state index in [0.717, 1.165) is 130 Å². The first-order chi connectivity index (χ1) is 55.4. The van der Waals surface area contributed by atoms with Gasteiger partial charge < -0.3 is 70.6 Å². The molecule has 5 aromatic carbocycles. The predicted octanol–water partition coefficient (Wildman–Crippen LogP) is 10.3. The number of halogens is 7. The third-order valence-electron chi connectivity index (χ3n) is 20.3. The van der Waals surface area contributed by atoms with Crippen molar-refractivity contribution >= 4 is 111 Å². The van der Waals surface area contributed by atoms with Gasteiger partial charge >= 0.3 is 24.3 Å². The van der Waals surface area contributed by atoms with Gasteiger partial charge in [0, 0.05) is 117 Å². The van der Waals surface area contributed by atoms with Crippen LogP contribution < -0.4 is 35.6 Å². The molecule has 7 saturated heterocycles. The lowest BCUT2D eigenvalue weighted by Crippen LogP contribution is -2.58. The molecule has 9 atom stereocenters. The number of nitriles is 5. The molecule has 7 fully saturated rings. The van der Waals surface area contributed by atoms with Crippen LogP contribution in [0.25, 0.3) is 53.9 Å². The topological polar surface area (TPSA) is 394 Å². The van der Waals surface area contributed by atoms with Crippen molar-refractivity contribution in [2.75, 3.05) is 85.2 Å². The minimum Gasteiger partial charge on any atom is -0.480 e. The van der Waals surface area contributed by atoms with Gasteiger partial charge in [-0.3, -0.25) is 9.59 Å². The number of carbonyl (C=O) groups excluding carboxylic acids is 2. The second-order valence-corrected chi connectivity index (χ2v) is 28.1. The minimum atomic E-state index is -4.63. The number of anilines is 4. The average molecular weight is 1640 g/mol. The number of aromatic nitrogens is 5. The van der Waals surface area contributed by atoms with E-state index in [1.54, 1.807) is 67.1 Å². The van der Waals surface area contributed by atoms with Crippen molar-refractivity contribution in [2.24, 2.45) is 0 Å². The Bertz CT molecular complexity index is 5180. The Morgan fingerprint density at radius 1 is 0.496 bits per heavy atom. The van der Waals surface area contributed by atoms with Gasteiger partial charge in [0.1, 0.15) is 77.2 Å². The van der Waals surface area contributed by atoms with Gasteiger partial charge in [-0.05, 0) is 214 Å². The zero-order chi connectivity index (χ0) is 82.5. The summed E-state index contributed by atoms with van der Waals surface area (Å²) in [5.41, 5.74) is 5.26. The lowest BCUT2D eigenvalue weighted by atomic mass is 9.95. The monoisotopic (exact) mass is 1640 g/mol. The van der Waals surface area contributed by atoms with Gasteiger partial charge in [0.25, 0.3) is 0 Å². The van der Waals surface area contributed by atoms with Gasteiger partial charge in [-0.25, -0.2) is 24.9 Å². The van der Waals surface area contributed by atoms with E-state index in [2.05, 4.69) is 90.9 Å². The van der Waals surface area contributed by atoms with Gasteiger partial charge in [0.15, 0.2) is 12.2 Å². The summed E-state index contributed by atoms with van der Waals surface area (Å²) in [4.78, 5) is 58.8. The average Bonchev–Trinajstić information content (AvgIpc) is 0.783. The highest BCUT2D eigenvalue weighted by atomic mass is 79.9. The maximum absolute atomic E-state index is 12.6. The van der Waals surface area contributed by atoms with Crippen molar-refractivity contribution < 1.29 is 71.0 Å². The van der Waals surface area contributed by atoms with Crippen LogP contribution in [0.2, 0.25) is 0 Å². The SMILES string of the molecule is CCOC(=O)C1CCN1.N#Cc1nccc2cc(Br)ccc12.N#Cc1nccc2cc(N3CCC3C(O)C(F)(F)F)ccc12.N#Cc1nccc2cc(N3CCC3C=O)ccc12.N#Cc1nccc2cc(N3CCC3CO)ccc12.N#Cc1nccc2cc(N3CC[C@@H]3[C@@H](O)C(F)(F)F)ccc12.O=C(O)C1CCN1.OCC1CCN1. The quantitative estimate of drug-likeness (QED) is 0.0320. The summed E-state index contributed by atoms with van der Waals surface area (Å²) in [5, 5.41) is 106. The fourth-order valence-corrected chi connectivity index (χ4v) is 13.5. The maximum Gasteiger partial charge on any atom is 0.416 e. The number of aliphatic hydroxyl groups is 4. The number of esters is 1. The van der Waals surface area contributed by atoms with Gasteiger partial charge in [0.2, 0.25) is 0 Å². The number of alkyl halides is 6. The van der Waals surface area contributed by atoms with E-state index < -0.39 is 42.6 Å². The van der Waals surface area contributed by atoms with E-state index in [0.29, 0.717) is 84.4 Å². The molecule has 7 aliphatic rings. The summed E-state index contributed by atoms with van der Waals surface area (Å²) in [6, 6.07) is 45.5. The highest BCUT2D eigenvalue weighted by molar-refractivity contribution is 9.10. The Hall–Kier alpha value is -11.8. The zero-order valence-corrected chi connectivity index (χ0v) is 63.6. The zero-order valence-electron chi connectivity index (χ0n) is 62.0. The molecule has 0 amide bonds. The number of carboxylic acids is 1. The first-order valence-corrected chi connectivity index (χ1v) is 37.6. The maximum atomic E-state index is 12.6. The van der Waals surface area contributed by atoms with Crippen LogP contribution in [-0.4, -0.2) is 201 Å². The number of carbonyl (C=O) groups is 3. The van der Waals surface area contributed by atoms with Crippen LogP contribution in [0.3, 0.4) is 0 Å². The highest BCUT2D eigenvalue weighted by Crippen LogP contribution is 2.39. The summed E-state index contributed by atoms with van der Waals surface area (Å²) < 4.78 is 81.6. The fourth-order valence-electron chi connectivity index (χ4n) is 13.1. The molecule has 0 radical (unpaired) electrons. The third kappa shape index (κ3) is 21.2. The number of fused-ring (bicyclic) bond motifs is 5. The van der Waals surface area contributed by atoms with Crippen LogP contribution in [0.4, 0.5) is 49.1 Å². The first kappa shape index (κ1) is 85.6. The number of carboxylic acid groups (broad SMARTS) is 1. The Morgan fingerprint density at radius 3 is 1.07 bits per heavy atom. The summed E-state index contributed by atoms with van der Waals surface area (Å²) in [5.74, 6) is -0.838. The largest absolute Gasteiger partial charge is 0.480 e. The van der Waals surface area contributed by atoms with E-state index in [4.69, 9.17) is 41.3 Å². The van der Waals surface area contributed by atoms with E-state index in [1.807, 2.05) is 85.8 Å². The number of aliphatic hydroxyl groups excluding tert-OH is 4. The number of aldehydes is 1. The molecule has 12 heterocycles. The van der Waals surface area contributed by atoms with Gasteiger partial charge in [-0.15, -0.1) is 0 Å². The van der Waals surface area contributed by atoms with Crippen molar-refractivity contribution in [3.8, 4) is 30.3 Å². The minimum absolute atomic E-state index is 0.000255. The van der Waals surface area contributed by atoms with Crippen LogP contribution in [0.1, 0.15) is 80.3 Å². The molecule has 0 saturated carbocycles. The number of hydrogen-bond acceptors (Lipinski definition) is 25. The lowest BCUT2D eigenvalue weighted by molar-refractivity contribution is -0.213. The summed E-state index contributed by atoms with van der Waals surface area (Å²) >= 11 is 3.38. The molecule has 596 valence electrons. The van der Waals surface area contributed by atoms with Crippen molar-refractivity contribution in [3.63, 3.8) is 0 Å². The number of benzene rings is 5. The Labute approximate surface area is 665 Å². The number of ether oxygens (including phenoxy) is 1. The van der Waals surface area contributed by atoms with E-state index in [-0.39, 0.29) is 48.1 Å². The molecule has 7 unspecified atom stereocenters. The second kappa shape index (κ2) is 39.8. The molecular formula is C82H80BrF6N17O9. The molecule has 33 heteroatoms. The Balaban J connectivity index is 0.000000143.